The maximum Gasteiger partial charge on any atom is 0.255 e. The summed E-state index contributed by atoms with van der Waals surface area (Å²) in [5.74, 6) is 0.513. The number of rotatable bonds is 7. The van der Waals surface area contributed by atoms with Crippen LogP contribution in [-0.4, -0.2) is 55.7 Å². The molecule has 0 spiro atoms. The summed E-state index contributed by atoms with van der Waals surface area (Å²) in [4.78, 5) is 13.1. The largest absolute Gasteiger partial charge is 0.492 e. The Balaban J connectivity index is 3.15. The molecule has 7 heteroatoms. The van der Waals surface area contributed by atoms with Crippen LogP contribution in [0.5, 0.6) is 0 Å². The first-order valence-corrected chi connectivity index (χ1v) is 6.66. The molecule has 7 nitrogen and oxygen atoms in total. The summed E-state index contributed by atoms with van der Waals surface area (Å²) in [6.45, 7) is 3.04. The van der Waals surface area contributed by atoms with E-state index < -0.39 is 11.6 Å². The molecule has 1 aliphatic carbocycles. The molecule has 0 aromatic rings. The van der Waals surface area contributed by atoms with Gasteiger partial charge in [0.25, 0.3) is 6.04 Å². The normalized spacial score (nSPS) is 26.1. The minimum atomic E-state index is -0.906. The summed E-state index contributed by atoms with van der Waals surface area (Å²) in [6.07, 6.45) is 3.81. The quantitative estimate of drug-likeness (QED) is 0.516. The standard InChI is InChI=1S/C13H24N4O3/c1-5-20-11-9-13(15-2,6-7-16(3)4)12(17(18)19)8-10(11)14/h8-9,12,15H,5-7,14H2,1-4H3. The highest BCUT2D eigenvalue weighted by molar-refractivity contribution is 5.36. The minimum absolute atomic E-state index is 0.307. The first-order chi connectivity index (χ1) is 9.36. The van der Waals surface area contributed by atoms with Crippen molar-refractivity contribution in [3.8, 4) is 0 Å². The molecular weight excluding hydrogens is 260 g/mol. The number of hydrogen-bond acceptors (Lipinski definition) is 6. The van der Waals surface area contributed by atoms with E-state index in [-0.39, 0.29) is 4.92 Å². The van der Waals surface area contributed by atoms with E-state index >= 15 is 0 Å². The highest BCUT2D eigenvalue weighted by atomic mass is 16.6. The Morgan fingerprint density at radius 3 is 2.70 bits per heavy atom. The molecule has 2 atom stereocenters. The van der Waals surface area contributed by atoms with Crippen molar-refractivity contribution in [3.05, 3.63) is 33.7 Å². The second-order valence-electron chi connectivity index (χ2n) is 5.14. The highest BCUT2D eigenvalue weighted by Gasteiger charge is 2.46. The first kappa shape index (κ1) is 16.5. The van der Waals surface area contributed by atoms with Gasteiger partial charge in [0.05, 0.1) is 12.3 Å². The van der Waals surface area contributed by atoms with Gasteiger partial charge in [0.2, 0.25) is 0 Å². The Morgan fingerprint density at radius 1 is 1.60 bits per heavy atom. The van der Waals surface area contributed by atoms with Crippen LogP contribution in [0.1, 0.15) is 13.3 Å². The van der Waals surface area contributed by atoms with Crippen LogP contribution in [0.15, 0.2) is 23.6 Å². The molecule has 0 bridgehead atoms. The molecule has 114 valence electrons. The highest BCUT2D eigenvalue weighted by Crippen LogP contribution is 2.30. The van der Waals surface area contributed by atoms with Crippen molar-refractivity contribution < 1.29 is 9.66 Å². The molecular formula is C13H24N4O3. The third kappa shape index (κ3) is 3.49. The van der Waals surface area contributed by atoms with E-state index in [1.807, 2.05) is 25.9 Å². The molecule has 20 heavy (non-hydrogen) atoms. The molecule has 0 fully saturated rings. The zero-order valence-electron chi connectivity index (χ0n) is 12.5. The number of likely N-dealkylation sites (N-methyl/N-ethyl adjacent to an activating group) is 1. The SMILES string of the molecule is CCOC1=CC(CCN(C)C)(NC)C([N+](=O)[O-])C=C1N. The Bertz CT molecular complexity index is 420. The van der Waals surface area contributed by atoms with Crippen LogP contribution in [0.3, 0.4) is 0 Å². The molecule has 0 saturated carbocycles. The summed E-state index contributed by atoms with van der Waals surface area (Å²) in [5.41, 5.74) is 5.38. The zero-order chi connectivity index (χ0) is 15.3. The third-order valence-corrected chi connectivity index (χ3v) is 3.50. The average Bonchev–Trinajstić information content (AvgIpc) is 2.39. The number of nitrogens with zero attached hydrogens (tertiary/aromatic N) is 2. The molecule has 2 unspecified atom stereocenters. The summed E-state index contributed by atoms with van der Waals surface area (Å²) in [5, 5.41) is 14.5. The fourth-order valence-electron chi connectivity index (χ4n) is 2.31. The van der Waals surface area contributed by atoms with E-state index in [4.69, 9.17) is 10.5 Å². The van der Waals surface area contributed by atoms with Crippen LogP contribution >= 0.6 is 0 Å². The van der Waals surface area contributed by atoms with Crippen molar-refractivity contribution in [2.45, 2.75) is 24.9 Å². The molecule has 0 aromatic carbocycles. The lowest BCUT2D eigenvalue weighted by atomic mass is 9.82. The first-order valence-electron chi connectivity index (χ1n) is 6.66. The average molecular weight is 284 g/mol. The van der Waals surface area contributed by atoms with Gasteiger partial charge in [-0.25, -0.2) is 0 Å². The molecule has 0 aliphatic heterocycles. The van der Waals surface area contributed by atoms with Crippen molar-refractivity contribution in [3.63, 3.8) is 0 Å². The fourth-order valence-corrected chi connectivity index (χ4v) is 2.31. The number of nitrogens with two attached hydrogens (primary N) is 1. The minimum Gasteiger partial charge on any atom is -0.492 e. The summed E-state index contributed by atoms with van der Waals surface area (Å²) in [7, 11) is 5.59. The topological polar surface area (TPSA) is 93.7 Å². The van der Waals surface area contributed by atoms with Gasteiger partial charge in [0, 0.05) is 11.0 Å². The monoisotopic (exact) mass is 284 g/mol. The van der Waals surface area contributed by atoms with Gasteiger partial charge in [0.1, 0.15) is 11.3 Å². The van der Waals surface area contributed by atoms with Gasteiger partial charge < -0.3 is 20.7 Å². The van der Waals surface area contributed by atoms with Gasteiger partial charge in [-0.15, -0.1) is 0 Å². The van der Waals surface area contributed by atoms with E-state index in [2.05, 4.69) is 5.32 Å². The second-order valence-corrected chi connectivity index (χ2v) is 5.14. The van der Waals surface area contributed by atoms with Crippen molar-refractivity contribution >= 4 is 0 Å². The van der Waals surface area contributed by atoms with E-state index in [9.17, 15) is 10.1 Å². The van der Waals surface area contributed by atoms with Gasteiger partial charge in [-0.05, 0) is 47.1 Å². The van der Waals surface area contributed by atoms with E-state index in [0.29, 0.717) is 24.5 Å². The number of ether oxygens (including phenoxy) is 1. The Labute approximate surface area is 119 Å². The Hall–Kier alpha value is -1.60. The number of hydrogen-bond donors (Lipinski definition) is 2. The molecule has 0 heterocycles. The van der Waals surface area contributed by atoms with Crippen LogP contribution in [0.2, 0.25) is 0 Å². The van der Waals surface area contributed by atoms with Crippen molar-refractivity contribution in [1.29, 1.82) is 0 Å². The van der Waals surface area contributed by atoms with E-state index in [1.54, 1.807) is 13.1 Å². The van der Waals surface area contributed by atoms with Gasteiger partial charge in [-0.2, -0.15) is 0 Å². The molecule has 0 aromatic heterocycles. The van der Waals surface area contributed by atoms with Crippen LogP contribution in [0.25, 0.3) is 0 Å². The molecule has 0 amide bonds. The van der Waals surface area contributed by atoms with Crippen molar-refractivity contribution in [2.24, 2.45) is 5.73 Å². The molecule has 0 radical (unpaired) electrons. The third-order valence-electron chi connectivity index (χ3n) is 3.50. The Morgan fingerprint density at radius 2 is 2.25 bits per heavy atom. The predicted octanol–water partition coefficient (Wildman–Crippen LogP) is 0.318. The van der Waals surface area contributed by atoms with E-state index in [0.717, 1.165) is 6.54 Å². The van der Waals surface area contributed by atoms with Gasteiger partial charge >= 0.3 is 0 Å². The lowest BCUT2D eigenvalue weighted by Crippen LogP contribution is -2.57. The smallest absolute Gasteiger partial charge is 0.255 e. The van der Waals surface area contributed by atoms with Crippen molar-refractivity contribution in [1.82, 2.24) is 10.2 Å². The van der Waals surface area contributed by atoms with Crippen molar-refractivity contribution in [2.75, 3.05) is 34.3 Å². The van der Waals surface area contributed by atoms with E-state index in [1.165, 1.54) is 6.08 Å². The van der Waals surface area contributed by atoms with Crippen LogP contribution in [-0.2, 0) is 4.74 Å². The number of nitro groups is 1. The second kappa shape index (κ2) is 6.71. The summed E-state index contributed by atoms with van der Waals surface area (Å²) in [6, 6.07) is -0.906. The molecule has 1 aliphatic rings. The lowest BCUT2D eigenvalue weighted by Gasteiger charge is -2.35. The van der Waals surface area contributed by atoms with Gasteiger partial charge in [-0.3, -0.25) is 10.1 Å². The number of nitrogens with one attached hydrogen (secondary N) is 1. The molecule has 0 saturated heterocycles. The van der Waals surface area contributed by atoms with Gasteiger partial charge in [-0.1, -0.05) is 0 Å². The summed E-state index contributed by atoms with van der Waals surface area (Å²) < 4.78 is 5.48. The van der Waals surface area contributed by atoms with Crippen LogP contribution in [0.4, 0.5) is 0 Å². The fraction of sp³-hybridized carbons (Fsp3) is 0.692. The van der Waals surface area contributed by atoms with Crippen LogP contribution in [0, 0.1) is 10.1 Å². The predicted molar refractivity (Wildman–Crippen MR) is 77.7 cm³/mol. The maximum absolute atomic E-state index is 11.4. The maximum atomic E-state index is 11.4. The Kier molecular flexibility index (Phi) is 5.52. The summed E-state index contributed by atoms with van der Waals surface area (Å²) >= 11 is 0. The molecule has 3 N–H and O–H groups in total. The van der Waals surface area contributed by atoms with Crippen LogP contribution < -0.4 is 11.1 Å². The molecule has 1 rings (SSSR count). The lowest BCUT2D eigenvalue weighted by molar-refractivity contribution is -0.519. The zero-order valence-corrected chi connectivity index (χ0v) is 12.5. The van der Waals surface area contributed by atoms with Gasteiger partial charge in [0.15, 0.2) is 0 Å².